The molecule has 1 heterocycles. The van der Waals surface area contributed by atoms with Crippen LogP contribution in [0.5, 0.6) is 0 Å². The monoisotopic (exact) mass is 243 g/mol. The SMILES string of the molecule is CCOC(=O)N1CCC(NCCC(N)=O)CC1. The summed E-state index contributed by atoms with van der Waals surface area (Å²) in [4.78, 5) is 23.7. The molecule has 0 aliphatic carbocycles. The number of ether oxygens (including phenoxy) is 1. The number of piperidine rings is 1. The topological polar surface area (TPSA) is 84.7 Å². The first-order valence-electron chi connectivity index (χ1n) is 6.07. The van der Waals surface area contributed by atoms with Gasteiger partial charge in [-0.05, 0) is 19.8 Å². The van der Waals surface area contributed by atoms with Gasteiger partial charge >= 0.3 is 6.09 Å². The number of nitrogens with one attached hydrogen (secondary N) is 1. The summed E-state index contributed by atoms with van der Waals surface area (Å²) in [6, 6.07) is 0.361. The third kappa shape index (κ3) is 5.04. The van der Waals surface area contributed by atoms with Crippen molar-refractivity contribution in [2.24, 2.45) is 5.73 Å². The molecule has 0 unspecified atom stereocenters. The van der Waals surface area contributed by atoms with E-state index >= 15 is 0 Å². The highest BCUT2D eigenvalue weighted by Gasteiger charge is 2.22. The van der Waals surface area contributed by atoms with Crippen LogP contribution in [-0.4, -0.2) is 49.2 Å². The zero-order chi connectivity index (χ0) is 12.7. The highest BCUT2D eigenvalue weighted by molar-refractivity contribution is 5.73. The van der Waals surface area contributed by atoms with Crippen molar-refractivity contribution in [1.82, 2.24) is 10.2 Å². The Hall–Kier alpha value is -1.30. The summed E-state index contributed by atoms with van der Waals surface area (Å²) in [7, 11) is 0. The van der Waals surface area contributed by atoms with Gasteiger partial charge in [-0.15, -0.1) is 0 Å². The van der Waals surface area contributed by atoms with E-state index < -0.39 is 0 Å². The van der Waals surface area contributed by atoms with Crippen LogP contribution in [0.1, 0.15) is 26.2 Å². The Bertz CT molecular complexity index is 263. The molecule has 98 valence electrons. The zero-order valence-electron chi connectivity index (χ0n) is 10.3. The van der Waals surface area contributed by atoms with Crippen molar-refractivity contribution in [2.75, 3.05) is 26.2 Å². The lowest BCUT2D eigenvalue weighted by Gasteiger charge is -2.31. The fourth-order valence-corrected chi connectivity index (χ4v) is 1.88. The molecule has 1 rings (SSSR count). The first kappa shape index (κ1) is 13.8. The van der Waals surface area contributed by atoms with Crippen molar-refractivity contribution in [3.05, 3.63) is 0 Å². The molecule has 6 heteroatoms. The Labute approximate surface area is 101 Å². The number of hydrogen-bond acceptors (Lipinski definition) is 4. The van der Waals surface area contributed by atoms with E-state index in [0.717, 1.165) is 12.8 Å². The molecule has 2 amide bonds. The Morgan fingerprint density at radius 1 is 1.41 bits per heavy atom. The molecule has 1 aliphatic rings. The molecule has 0 saturated carbocycles. The van der Waals surface area contributed by atoms with Crippen molar-refractivity contribution >= 4 is 12.0 Å². The Morgan fingerprint density at radius 3 is 2.59 bits per heavy atom. The van der Waals surface area contributed by atoms with Gasteiger partial charge in [0.15, 0.2) is 0 Å². The van der Waals surface area contributed by atoms with E-state index in [1.165, 1.54) is 0 Å². The van der Waals surface area contributed by atoms with Gasteiger partial charge in [-0.1, -0.05) is 0 Å². The number of amides is 2. The van der Waals surface area contributed by atoms with E-state index in [2.05, 4.69) is 5.32 Å². The molecule has 3 N–H and O–H groups in total. The van der Waals surface area contributed by atoms with Gasteiger partial charge in [-0.25, -0.2) is 4.79 Å². The fraction of sp³-hybridized carbons (Fsp3) is 0.818. The normalized spacial score (nSPS) is 16.9. The first-order chi connectivity index (χ1) is 8.13. The van der Waals surface area contributed by atoms with Crippen LogP contribution in [-0.2, 0) is 9.53 Å². The van der Waals surface area contributed by atoms with Gasteiger partial charge in [0.05, 0.1) is 6.61 Å². The smallest absolute Gasteiger partial charge is 0.409 e. The second-order valence-electron chi connectivity index (χ2n) is 4.13. The summed E-state index contributed by atoms with van der Waals surface area (Å²) in [5.74, 6) is -0.290. The van der Waals surface area contributed by atoms with Crippen molar-refractivity contribution in [1.29, 1.82) is 0 Å². The third-order valence-electron chi connectivity index (χ3n) is 2.83. The van der Waals surface area contributed by atoms with Gasteiger partial charge in [0.25, 0.3) is 0 Å². The van der Waals surface area contributed by atoms with Gasteiger partial charge in [0.2, 0.25) is 5.91 Å². The van der Waals surface area contributed by atoms with Crippen LogP contribution in [0.4, 0.5) is 4.79 Å². The first-order valence-corrected chi connectivity index (χ1v) is 6.07. The lowest BCUT2D eigenvalue weighted by Crippen LogP contribution is -2.45. The molecule has 0 aromatic heterocycles. The standard InChI is InChI=1S/C11H21N3O3/c1-2-17-11(16)14-7-4-9(5-8-14)13-6-3-10(12)15/h9,13H,2-8H2,1H3,(H2,12,15). The largest absolute Gasteiger partial charge is 0.450 e. The number of nitrogens with zero attached hydrogens (tertiary/aromatic N) is 1. The van der Waals surface area contributed by atoms with Crippen LogP contribution in [0.25, 0.3) is 0 Å². The van der Waals surface area contributed by atoms with E-state index in [1.54, 1.807) is 11.8 Å². The van der Waals surface area contributed by atoms with Crippen molar-refractivity contribution < 1.29 is 14.3 Å². The van der Waals surface area contributed by atoms with Crippen LogP contribution in [0.15, 0.2) is 0 Å². The summed E-state index contributed by atoms with van der Waals surface area (Å²) in [5.41, 5.74) is 5.05. The maximum Gasteiger partial charge on any atom is 0.409 e. The molecule has 0 bridgehead atoms. The molecule has 0 aromatic carbocycles. The van der Waals surface area contributed by atoms with Crippen LogP contribution in [0, 0.1) is 0 Å². The van der Waals surface area contributed by atoms with Gasteiger partial charge in [0.1, 0.15) is 0 Å². The molecule has 1 fully saturated rings. The van der Waals surface area contributed by atoms with E-state index in [0.29, 0.717) is 38.7 Å². The molecule has 0 atom stereocenters. The maximum absolute atomic E-state index is 11.4. The number of hydrogen-bond donors (Lipinski definition) is 2. The lowest BCUT2D eigenvalue weighted by atomic mass is 10.1. The highest BCUT2D eigenvalue weighted by atomic mass is 16.6. The Morgan fingerprint density at radius 2 is 2.06 bits per heavy atom. The van der Waals surface area contributed by atoms with Gasteiger partial charge < -0.3 is 20.7 Å². The predicted molar refractivity (Wildman–Crippen MR) is 63.4 cm³/mol. The van der Waals surface area contributed by atoms with Gasteiger partial charge in [-0.3, -0.25) is 4.79 Å². The summed E-state index contributed by atoms with van der Waals surface area (Å²) < 4.78 is 4.93. The molecule has 17 heavy (non-hydrogen) atoms. The average molecular weight is 243 g/mol. The summed E-state index contributed by atoms with van der Waals surface area (Å²) in [6.07, 6.45) is 1.90. The van der Waals surface area contributed by atoms with E-state index in [1.807, 2.05) is 0 Å². The van der Waals surface area contributed by atoms with Gasteiger partial charge in [0, 0.05) is 32.1 Å². The van der Waals surface area contributed by atoms with E-state index in [4.69, 9.17) is 10.5 Å². The quantitative estimate of drug-likeness (QED) is 0.715. The summed E-state index contributed by atoms with van der Waals surface area (Å²) in [6.45, 7) is 4.23. The number of likely N-dealkylation sites (tertiary alicyclic amines) is 1. The van der Waals surface area contributed by atoms with Gasteiger partial charge in [-0.2, -0.15) is 0 Å². The molecule has 0 spiro atoms. The summed E-state index contributed by atoms with van der Waals surface area (Å²) in [5, 5.41) is 3.26. The summed E-state index contributed by atoms with van der Waals surface area (Å²) >= 11 is 0. The Balaban J connectivity index is 2.17. The van der Waals surface area contributed by atoms with Crippen LogP contribution < -0.4 is 11.1 Å². The minimum absolute atomic E-state index is 0.233. The van der Waals surface area contributed by atoms with Crippen molar-refractivity contribution in [2.45, 2.75) is 32.2 Å². The number of rotatable bonds is 5. The molecule has 0 aromatic rings. The average Bonchev–Trinajstić information content (AvgIpc) is 2.30. The van der Waals surface area contributed by atoms with E-state index in [9.17, 15) is 9.59 Å². The second kappa shape index (κ2) is 7.11. The minimum atomic E-state index is -0.290. The van der Waals surface area contributed by atoms with Crippen molar-refractivity contribution in [3.8, 4) is 0 Å². The van der Waals surface area contributed by atoms with Crippen LogP contribution in [0.2, 0.25) is 0 Å². The van der Waals surface area contributed by atoms with Crippen LogP contribution in [0.3, 0.4) is 0 Å². The fourth-order valence-electron chi connectivity index (χ4n) is 1.88. The minimum Gasteiger partial charge on any atom is -0.450 e. The number of primary amides is 1. The second-order valence-corrected chi connectivity index (χ2v) is 4.13. The molecule has 6 nitrogen and oxygen atoms in total. The maximum atomic E-state index is 11.4. The highest BCUT2D eigenvalue weighted by Crippen LogP contribution is 2.11. The third-order valence-corrected chi connectivity index (χ3v) is 2.83. The number of carbonyl (C=O) groups is 2. The zero-order valence-corrected chi connectivity index (χ0v) is 10.3. The number of nitrogens with two attached hydrogens (primary N) is 1. The van der Waals surface area contributed by atoms with E-state index in [-0.39, 0.29) is 12.0 Å². The van der Waals surface area contributed by atoms with Crippen molar-refractivity contribution in [3.63, 3.8) is 0 Å². The lowest BCUT2D eigenvalue weighted by molar-refractivity contribution is -0.117. The predicted octanol–water partition coefficient (Wildman–Crippen LogP) is 0.0723. The van der Waals surface area contributed by atoms with Crippen LogP contribution >= 0.6 is 0 Å². The molecular formula is C11H21N3O3. The molecule has 1 aliphatic heterocycles. The number of carbonyl (C=O) groups excluding carboxylic acids is 2. The molecule has 1 saturated heterocycles. The molecular weight excluding hydrogens is 222 g/mol. The Kier molecular flexibility index (Phi) is 5.76. The molecule has 0 radical (unpaired) electrons.